The second-order valence-electron chi connectivity index (χ2n) is 6.16. The van der Waals surface area contributed by atoms with E-state index in [0.717, 1.165) is 24.2 Å². The largest absolute Gasteiger partial charge is 0.435 e. The Kier molecular flexibility index (Phi) is 8.50. The third-order valence-corrected chi connectivity index (χ3v) is 5.12. The Morgan fingerprint density at radius 2 is 2.10 bits per heavy atom. The molecular formula is C21H21F2N3O3S. The molecule has 0 radical (unpaired) electrons. The second-order valence-corrected chi connectivity index (χ2v) is 7.19. The lowest BCUT2D eigenvalue weighted by Crippen LogP contribution is -2.34. The van der Waals surface area contributed by atoms with Crippen LogP contribution in [0.4, 0.5) is 8.78 Å². The highest BCUT2D eigenvalue weighted by molar-refractivity contribution is 7.07. The predicted molar refractivity (Wildman–Crippen MR) is 112 cm³/mol. The Morgan fingerprint density at radius 1 is 1.40 bits per heavy atom. The van der Waals surface area contributed by atoms with Crippen LogP contribution in [-0.4, -0.2) is 23.6 Å². The minimum atomic E-state index is -2.92. The SMILES string of the molecule is C=CCn1c(=C(C#N)C(=O)NCCCC)sc(=Cc2ccc(OC(F)F)cc2)c1=O. The van der Waals surface area contributed by atoms with E-state index in [2.05, 4.69) is 16.6 Å². The number of allylic oxidation sites excluding steroid dienone is 1. The van der Waals surface area contributed by atoms with Crippen molar-refractivity contribution in [2.45, 2.75) is 32.9 Å². The molecule has 0 bridgehead atoms. The molecule has 0 aliphatic rings. The van der Waals surface area contributed by atoms with E-state index in [4.69, 9.17) is 0 Å². The summed E-state index contributed by atoms with van der Waals surface area (Å²) in [4.78, 5) is 25.2. The van der Waals surface area contributed by atoms with Crippen molar-refractivity contribution >= 4 is 28.9 Å². The first-order chi connectivity index (χ1) is 14.4. The van der Waals surface area contributed by atoms with Gasteiger partial charge >= 0.3 is 6.61 Å². The fourth-order valence-corrected chi connectivity index (χ4v) is 3.67. The molecule has 6 nitrogen and oxygen atoms in total. The maximum atomic E-state index is 12.8. The molecule has 1 heterocycles. The van der Waals surface area contributed by atoms with Crippen LogP contribution in [0, 0.1) is 11.3 Å². The molecule has 1 aromatic carbocycles. The van der Waals surface area contributed by atoms with Gasteiger partial charge in [0, 0.05) is 13.1 Å². The van der Waals surface area contributed by atoms with Crippen molar-refractivity contribution in [2.24, 2.45) is 0 Å². The second kappa shape index (κ2) is 11.1. The average molecular weight is 433 g/mol. The van der Waals surface area contributed by atoms with Gasteiger partial charge in [0.25, 0.3) is 11.5 Å². The van der Waals surface area contributed by atoms with E-state index in [1.165, 1.54) is 34.9 Å². The van der Waals surface area contributed by atoms with Crippen molar-refractivity contribution in [3.05, 3.63) is 62.0 Å². The van der Waals surface area contributed by atoms with Crippen LogP contribution in [0.3, 0.4) is 0 Å². The molecule has 30 heavy (non-hydrogen) atoms. The Balaban J connectivity index is 2.54. The smallest absolute Gasteiger partial charge is 0.387 e. The van der Waals surface area contributed by atoms with Crippen molar-refractivity contribution < 1.29 is 18.3 Å². The number of amides is 1. The van der Waals surface area contributed by atoms with Crippen LogP contribution < -0.4 is 24.8 Å². The number of benzene rings is 1. The summed E-state index contributed by atoms with van der Waals surface area (Å²) in [5.74, 6) is -0.535. The minimum Gasteiger partial charge on any atom is -0.435 e. The standard InChI is InChI=1S/C21H21F2N3O3S/c1-3-5-10-25-18(27)16(13-24)20-26(11-4-2)19(28)17(30-20)12-14-6-8-15(9-7-14)29-21(22)23/h4,6-9,12,21H,2-3,5,10-11H2,1H3,(H,25,27). The number of nitriles is 1. The van der Waals surface area contributed by atoms with Gasteiger partial charge in [0.15, 0.2) is 5.57 Å². The fourth-order valence-electron chi connectivity index (χ4n) is 2.56. The molecule has 1 amide bonds. The highest BCUT2D eigenvalue weighted by atomic mass is 32.1. The van der Waals surface area contributed by atoms with Crippen LogP contribution in [0.25, 0.3) is 11.6 Å². The van der Waals surface area contributed by atoms with Gasteiger partial charge in [-0.2, -0.15) is 14.0 Å². The normalized spacial score (nSPS) is 12.4. The fraction of sp³-hybridized carbons (Fsp3) is 0.286. The van der Waals surface area contributed by atoms with Gasteiger partial charge in [0.2, 0.25) is 0 Å². The van der Waals surface area contributed by atoms with Crippen molar-refractivity contribution in [1.29, 1.82) is 5.26 Å². The summed E-state index contributed by atoms with van der Waals surface area (Å²) in [6, 6.07) is 7.68. The number of halogens is 2. The van der Waals surface area contributed by atoms with Crippen LogP contribution in [0.5, 0.6) is 5.75 Å². The Hall–Kier alpha value is -3.25. The van der Waals surface area contributed by atoms with Gasteiger partial charge in [-0.25, -0.2) is 0 Å². The summed E-state index contributed by atoms with van der Waals surface area (Å²) in [6.45, 7) is 3.25. The van der Waals surface area contributed by atoms with Crippen molar-refractivity contribution in [2.75, 3.05) is 6.54 Å². The number of unbranched alkanes of at least 4 members (excludes halogenated alkanes) is 1. The number of alkyl halides is 2. The Labute approximate surface area is 176 Å². The van der Waals surface area contributed by atoms with Gasteiger partial charge in [-0.3, -0.25) is 14.2 Å². The van der Waals surface area contributed by atoms with E-state index < -0.39 is 12.5 Å². The van der Waals surface area contributed by atoms with E-state index in [1.54, 1.807) is 6.08 Å². The minimum absolute atomic E-state index is 0.00179. The van der Waals surface area contributed by atoms with Crippen LogP contribution >= 0.6 is 11.3 Å². The first-order valence-corrected chi connectivity index (χ1v) is 10.0. The molecule has 0 fully saturated rings. The van der Waals surface area contributed by atoms with Crippen LogP contribution in [0.2, 0.25) is 0 Å². The summed E-state index contributed by atoms with van der Waals surface area (Å²) in [5.41, 5.74) is 0.0606. The number of aromatic nitrogens is 1. The van der Waals surface area contributed by atoms with Gasteiger partial charge < -0.3 is 10.1 Å². The maximum absolute atomic E-state index is 12.8. The van der Waals surface area contributed by atoms with Crippen molar-refractivity contribution in [1.82, 2.24) is 9.88 Å². The molecule has 0 spiro atoms. The Morgan fingerprint density at radius 3 is 2.67 bits per heavy atom. The zero-order chi connectivity index (χ0) is 22.1. The molecule has 2 rings (SSSR count). The van der Waals surface area contributed by atoms with E-state index in [1.807, 2.05) is 13.0 Å². The van der Waals surface area contributed by atoms with Gasteiger partial charge in [0.1, 0.15) is 16.5 Å². The van der Waals surface area contributed by atoms with E-state index in [9.17, 15) is 23.6 Å². The third-order valence-electron chi connectivity index (χ3n) is 3.99. The van der Waals surface area contributed by atoms with Crippen LogP contribution in [-0.2, 0) is 11.3 Å². The van der Waals surface area contributed by atoms with Crippen LogP contribution in [0.1, 0.15) is 25.3 Å². The first kappa shape index (κ1) is 23.0. The number of hydrogen-bond donors (Lipinski definition) is 1. The quantitative estimate of drug-likeness (QED) is 0.485. The lowest BCUT2D eigenvalue weighted by atomic mass is 10.2. The highest BCUT2D eigenvalue weighted by Gasteiger charge is 2.15. The number of nitrogens with one attached hydrogen (secondary N) is 1. The molecule has 1 N–H and O–H groups in total. The van der Waals surface area contributed by atoms with Gasteiger partial charge in [-0.05, 0) is 30.2 Å². The molecule has 158 valence electrons. The van der Waals surface area contributed by atoms with Gasteiger partial charge in [-0.1, -0.05) is 31.6 Å². The summed E-state index contributed by atoms with van der Waals surface area (Å²) in [7, 11) is 0. The molecule has 2 aromatic rings. The van der Waals surface area contributed by atoms with E-state index >= 15 is 0 Å². The molecule has 0 saturated carbocycles. The highest BCUT2D eigenvalue weighted by Crippen LogP contribution is 2.15. The Bertz CT molecular complexity index is 1110. The summed E-state index contributed by atoms with van der Waals surface area (Å²) in [5, 5.41) is 12.2. The zero-order valence-electron chi connectivity index (χ0n) is 16.4. The average Bonchev–Trinajstić information content (AvgIpc) is 3.00. The van der Waals surface area contributed by atoms with Gasteiger partial charge in [0.05, 0.1) is 4.53 Å². The molecule has 1 aromatic heterocycles. The number of nitrogens with zero attached hydrogens (tertiary/aromatic N) is 2. The number of carbonyl (C=O) groups excluding carboxylic acids is 1. The van der Waals surface area contributed by atoms with Gasteiger partial charge in [-0.15, -0.1) is 17.9 Å². The number of carbonyl (C=O) groups is 1. The molecular weight excluding hydrogens is 412 g/mol. The zero-order valence-corrected chi connectivity index (χ0v) is 17.2. The van der Waals surface area contributed by atoms with E-state index in [0.29, 0.717) is 16.6 Å². The summed E-state index contributed by atoms with van der Waals surface area (Å²) >= 11 is 1.01. The number of hydrogen-bond acceptors (Lipinski definition) is 5. The maximum Gasteiger partial charge on any atom is 0.387 e. The van der Waals surface area contributed by atoms with E-state index in [-0.39, 0.29) is 28.1 Å². The first-order valence-electron chi connectivity index (χ1n) is 9.21. The summed E-state index contributed by atoms with van der Waals surface area (Å²) < 4.78 is 30.7. The predicted octanol–water partition coefficient (Wildman–Crippen LogP) is 2.12. The van der Waals surface area contributed by atoms with Crippen LogP contribution in [0.15, 0.2) is 41.7 Å². The molecule has 0 aliphatic carbocycles. The molecule has 0 unspecified atom stereocenters. The monoisotopic (exact) mass is 433 g/mol. The number of ether oxygens (including phenoxy) is 1. The third kappa shape index (κ3) is 5.87. The van der Waals surface area contributed by atoms with Crippen molar-refractivity contribution in [3.8, 4) is 11.8 Å². The molecule has 0 aliphatic heterocycles. The van der Waals surface area contributed by atoms with Crippen molar-refractivity contribution in [3.63, 3.8) is 0 Å². The molecule has 0 saturated heterocycles. The molecule has 9 heteroatoms. The molecule has 0 atom stereocenters. The lowest BCUT2D eigenvalue weighted by Gasteiger charge is -2.03. The number of rotatable bonds is 9. The lowest BCUT2D eigenvalue weighted by molar-refractivity contribution is -0.115. The summed E-state index contributed by atoms with van der Waals surface area (Å²) in [6.07, 6.45) is 4.73. The number of thiazole rings is 1. The topological polar surface area (TPSA) is 84.1 Å².